The first kappa shape index (κ1) is 23.4. The Morgan fingerprint density at radius 2 is 2.03 bits per heavy atom. The topological polar surface area (TPSA) is 74.2 Å². The van der Waals surface area contributed by atoms with E-state index >= 15 is 0 Å². The molecule has 3 rings (SSSR count). The Kier molecular flexibility index (Phi) is 9.19. The molecule has 0 radical (unpaired) electrons. The molecule has 2 heterocycles. The van der Waals surface area contributed by atoms with Gasteiger partial charge in [0.25, 0.3) is 0 Å². The quantitative estimate of drug-likeness (QED) is 0.283. The SMILES string of the molecule is CCNC(=NCC(=O)N1CCc2ccccc21)N1CCCC(C(=O)OCC)C1.I. The molecule has 2 aliphatic rings. The number of anilines is 1. The predicted octanol–water partition coefficient (Wildman–Crippen LogP) is 2.43. The van der Waals surface area contributed by atoms with Gasteiger partial charge in [0.2, 0.25) is 5.91 Å². The Hall–Kier alpha value is -1.84. The zero-order chi connectivity index (χ0) is 19.9. The van der Waals surface area contributed by atoms with Crippen LogP contribution in [-0.4, -0.2) is 62.1 Å². The van der Waals surface area contributed by atoms with Crippen LogP contribution in [0.15, 0.2) is 29.3 Å². The number of ether oxygens (including phenoxy) is 1. The summed E-state index contributed by atoms with van der Waals surface area (Å²) in [6.45, 7) is 7.13. The highest BCUT2D eigenvalue weighted by Gasteiger charge is 2.29. The number of carbonyl (C=O) groups is 2. The van der Waals surface area contributed by atoms with E-state index in [4.69, 9.17) is 4.74 Å². The molecule has 0 aromatic heterocycles. The van der Waals surface area contributed by atoms with Gasteiger partial charge in [-0.05, 0) is 44.7 Å². The summed E-state index contributed by atoms with van der Waals surface area (Å²) in [7, 11) is 0. The molecule has 1 N–H and O–H groups in total. The van der Waals surface area contributed by atoms with Gasteiger partial charge in [-0.3, -0.25) is 9.59 Å². The number of halogens is 1. The van der Waals surface area contributed by atoms with Crippen LogP contribution in [0.3, 0.4) is 0 Å². The highest BCUT2D eigenvalue weighted by molar-refractivity contribution is 14.0. The second-order valence-corrected chi connectivity index (χ2v) is 7.13. The number of guanidine groups is 1. The second kappa shape index (κ2) is 11.4. The molecule has 1 fully saturated rings. The first-order valence-corrected chi connectivity index (χ1v) is 10.2. The fourth-order valence-electron chi connectivity index (χ4n) is 3.87. The van der Waals surface area contributed by atoms with Crippen molar-refractivity contribution in [2.75, 3.05) is 44.2 Å². The fraction of sp³-hybridized carbons (Fsp3) is 0.571. The monoisotopic (exact) mass is 514 g/mol. The van der Waals surface area contributed by atoms with Crippen molar-refractivity contribution in [1.82, 2.24) is 10.2 Å². The van der Waals surface area contributed by atoms with E-state index in [-0.39, 0.29) is 48.3 Å². The van der Waals surface area contributed by atoms with Crippen molar-refractivity contribution in [3.8, 4) is 0 Å². The number of nitrogens with zero attached hydrogens (tertiary/aromatic N) is 3. The largest absolute Gasteiger partial charge is 0.466 e. The molecule has 0 aliphatic carbocycles. The van der Waals surface area contributed by atoms with E-state index < -0.39 is 0 Å². The molecule has 1 aromatic rings. The van der Waals surface area contributed by atoms with E-state index in [0.717, 1.165) is 31.5 Å². The molecule has 1 atom stereocenters. The number of aliphatic imine (C=N–C) groups is 1. The molecule has 7 nitrogen and oxygen atoms in total. The Balaban J connectivity index is 0.00000300. The summed E-state index contributed by atoms with van der Waals surface area (Å²) in [4.78, 5) is 33.3. The van der Waals surface area contributed by atoms with Crippen molar-refractivity contribution in [2.45, 2.75) is 33.1 Å². The van der Waals surface area contributed by atoms with E-state index in [1.807, 2.05) is 36.9 Å². The number of hydrogen-bond donors (Lipinski definition) is 1. The molecule has 1 unspecified atom stereocenters. The highest BCUT2D eigenvalue weighted by Crippen LogP contribution is 2.27. The van der Waals surface area contributed by atoms with Crippen molar-refractivity contribution >= 4 is 47.5 Å². The minimum Gasteiger partial charge on any atom is -0.466 e. The molecule has 160 valence electrons. The van der Waals surface area contributed by atoms with Crippen LogP contribution >= 0.6 is 24.0 Å². The van der Waals surface area contributed by atoms with Gasteiger partial charge in [0.1, 0.15) is 6.54 Å². The third-order valence-electron chi connectivity index (χ3n) is 5.23. The molecular formula is C21H31IN4O3. The van der Waals surface area contributed by atoms with Gasteiger partial charge in [-0.25, -0.2) is 4.99 Å². The highest BCUT2D eigenvalue weighted by atomic mass is 127. The summed E-state index contributed by atoms with van der Waals surface area (Å²) in [5, 5.41) is 3.26. The van der Waals surface area contributed by atoms with E-state index in [1.54, 1.807) is 0 Å². The summed E-state index contributed by atoms with van der Waals surface area (Å²) < 4.78 is 5.18. The zero-order valence-electron chi connectivity index (χ0n) is 17.2. The molecule has 29 heavy (non-hydrogen) atoms. The lowest BCUT2D eigenvalue weighted by atomic mass is 9.98. The van der Waals surface area contributed by atoms with Crippen LogP contribution in [-0.2, 0) is 20.7 Å². The second-order valence-electron chi connectivity index (χ2n) is 7.13. The summed E-state index contributed by atoms with van der Waals surface area (Å²) >= 11 is 0. The molecule has 2 aliphatic heterocycles. The smallest absolute Gasteiger partial charge is 0.310 e. The average Bonchev–Trinajstić information content (AvgIpc) is 3.15. The predicted molar refractivity (Wildman–Crippen MR) is 125 cm³/mol. The van der Waals surface area contributed by atoms with Crippen LogP contribution in [0.4, 0.5) is 5.69 Å². The van der Waals surface area contributed by atoms with Gasteiger partial charge in [-0.15, -0.1) is 24.0 Å². The van der Waals surface area contributed by atoms with Gasteiger partial charge in [-0.1, -0.05) is 18.2 Å². The van der Waals surface area contributed by atoms with Crippen molar-refractivity contribution in [1.29, 1.82) is 0 Å². The van der Waals surface area contributed by atoms with Gasteiger partial charge >= 0.3 is 5.97 Å². The average molecular weight is 514 g/mol. The number of esters is 1. The van der Waals surface area contributed by atoms with E-state index in [9.17, 15) is 9.59 Å². The summed E-state index contributed by atoms with van der Waals surface area (Å²) in [6, 6.07) is 8.02. The summed E-state index contributed by atoms with van der Waals surface area (Å²) in [5.74, 6) is 0.406. The number of rotatable bonds is 5. The third kappa shape index (κ3) is 5.83. The maximum absolute atomic E-state index is 12.8. The Labute approximate surface area is 189 Å². The fourth-order valence-corrected chi connectivity index (χ4v) is 3.87. The number of nitrogens with one attached hydrogen (secondary N) is 1. The van der Waals surface area contributed by atoms with Gasteiger partial charge in [-0.2, -0.15) is 0 Å². The van der Waals surface area contributed by atoms with E-state index in [0.29, 0.717) is 32.2 Å². The van der Waals surface area contributed by atoms with Crippen LogP contribution in [0.5, 0.6) is 0 Å². The van der Waals surface area contributed by atoms with Gasteiger partial charge in [0, 0.05) is 31.9 Å². The first-order valence-electron chi connectivity index (χ1n) is 10.2. The molecule has 1 amide bonds. The van der Waals surface area contributed by atoms with Crippen molar-refractivity contribution < 1.29 is 14.3 Å². The van der Waals surface area contributed by atoms with Crippen LogP contribution in [0.2, 0.25) is 0 Å². The molecule has 8 heteroatoms. The number of para-hydroxylation sites is 1. The summed E-state index contributed by atoms with van der Waals surface area (Å²) in [5.41, 5.74) is 2.20. The maximum Gasteiger partial charge on any atom is 0.310 e. The number of likely N-dealkylation sites (tertiary alicyclic amines) is 1. The van der Waals surface area contributed by atoms with Gasteiger partial charge in [0.15, 0.2) is 5.96 Å². The molecule has 0 bridgehead atoms. The molecular weight excluding hydrogens is 483 g/mol. The third-order valence-corrected chi connectivity index (χ3v) is 5.23. The van der Waals surface area contributed by atoms with Crippen LogP contribution in [0.1, 0.15) is 32.3 Å². The Morgan fingerprint density at radius 1 is 1.24 bits per heavy atom. The van der Waals surface area contributed by atoms with Crippen LogP contribution < -0.4 is 10.2 Å². The van der Waals surface area contributed by atoms with Crippen molar-refractivity contribution in [3.63, 3.8) is 0 Å². The minimum absolute atomic E-state index is 0. The number of fused-ring (bicyclic) bond motifs is 1. The number of amides is 1. The normalized spacial score (nSPS) is 18.7. The lowest BCUT2D eigenvalue weighted by molar-refractivity contribution is -0.149. The standard InChI is InChI=1S/C21H30N4O3.HI/c1-3-22-21(24-12-7-9-17(15-24)20(27)28-4-2)23-14-19(26)25-13-11-16-8-5-6-10-18(16)25;/h5-6,8,10,17H,3-4,7,9,11-15H2,1-2H3,(H,22,23);1H. The van der Waals surface area contributed by atoms with E-state index in [2.05, 4.69) is 21.3 Å². The van der Waals surface area contributed by atoms with Crippen LogP contribution in [0.25, 0.3) is 0 Å². The number of piperidine rings is 1. The maximum atomic E-state index is 12.8. The number of hydrogen-bond acceptors (Lipinski definition) is 4. The minimum atomic E-state index is -0.146. The molecule has 1 aromatic carbocycles. The number of carbonyl (C=O) groups excluding carboxylic acids is 2. The molecule has 0 spiro atoms. The lowest BCUT2D eigenvalue weighted by Gasteiger charge is -2.34. The molecule has 1 saturated heterocycles. The number of benzene rings is 1. The van der Waals surface area contributed by atoms with Crippen molar-refractivity contribution in [3.05, 3.63) is 29.8 Å². The van der Waals surface area contributed by atoms with Crippen molar-refractivity contribution in [2.24, 2.45) is 10.9 Å². The van der Waals surface area contributed by atoms with E-state index in [1.165, 1.54) is 5.56 Å². The zero-order valence-corrected chi connectivity index (χ0v) is 19.6. The summed E-state index contributed by atoms with van der Waals surface area (Å²) in [6.07, 6.45) is 2.62. The molecule has 0 saturated carbocycles. The van der Waals surface area contributed by atoms with Crippen LogP contribution in [0, 0.1) is 5.92 Å². The first-order chi connectivity index (χ1) is 13.6. The Morgan fingerprint density at radius 3 is 2.79 bits per heavy atom. The van der Waals surface area contributed by atoms with Gasteiger partial charge in [0.05, 0.1) is 12.5 Å². The lowest BCUT2D eigenvalue weighted by Crippen LogP contribution is -2.48. The van der Waals surface area contributed by atoms with Gasteiger partial charge < -0.3 is 19.9 Å². The Bertz CT molecular complexity index is 740.